The maximum absolute atomic E-state index is 2.40. The first-order chi connectivity index (χ1) is 13.7. The van der Waals surface area contributed by atoms with Gasteiger partial charge >= 0.3 is 0 Å². The van der Waals surface area contributed by atoms with E-state index in [4.69, 9.17) is 0 Å². The molecule has 2 aliphatic carbocycles. The Labute approximate surface area is 166 Å². The molecule has 6 rings (SSSR count). The standard InChI is InChI=1S/C28H22/c1-17-4-9-25-23(11-17)15-24-13-19(8-10-26(24)25)20-6-7-22-14-21-5-3-18(2)12-27(21)28(22)16-20/h3-13,16H,14-15H2,1-2H3. The smallest absolute Gasteiger partial charge is 0.00131 e. The fourth-order valence-electron chi connectivity index (χ4n) is 4.98. The Kier molecular flexibility index (Phi) is 3.23. The second-order valence-electron chi connectivity index (χ2n) is 8.42. The molecule has 0 heterocycles. The lowest BCUT2D eigenvalue weighted by Crippen LogP contribution is -1.86. The molecular formula is C28H22. The Morgan fingerprint density at radius 1 is 0.429 bits per heavy atom. The summed E-state index contributed by atoms with van der Waals surface area (Å²) in [5, 5.41) is 0. The van der Waals surface area contributed by atoms with Crippen molar-refractivity contribution < 1.29 is 0 Å². The first-order valence-electron chi connectivity index (χ1n) is 10.1. The summed E-state index contributed by atoms with van der Waals surface area (Å²) in [6.07, 6.45) is 2.11. The SMILES string of the molecule is Cc1ccc2c(c1)Cc1cc(-c3ccc4c(c3)-c3cc(C)ccc3C4)ccc1-2. The van der Waals surface area contributed by atoms with Crippen LogP contribution in [-0.2, 0) is 12.8 Å². The van der Waals surface area contributed by atoms with E-state index in [-0.39, 0.29) is 0 Å². The van der Waals surface area contributed by atoms with Crippen molar-refractivity contribution in [3.8, 4) is 33.4 Å². The largest absolute Gasteiger partial charge is 0.0590 e. The van der Waals surface area contributed by atoms with Crippen LogP contribution in [0.3, 0.4) is 0 Å². The minimum absolute atomic E-state index is 1.05. The van der Waals surface area contributed by atoms with Crippen LogP contribution in [0.2, 0.25) is 0 Å². The highest BCUT2D eigenvalue weighted by atomic mass is 14.2. The second kappa shape index (κ2) is 5.69. The molecule has 0 aliphatic heterocycles. The summed E-state index contributed by atoms with van der Waals surface area (Å²) in [5.41, 5.74) is 16.8. The first kappa shape index (κ1) is 15.9. The lowest BCUT2D eigenvalue weighted by atomic mass is 9.95. The number of benzene rings is 4. The minimum Gasteiger partial charge on any atom is -0.0590 e. The number of aryl methyl sites for hydroxylation is 2. The Balaban J connectivity index is 1.44. The molecule has 0 saturated heterocycles. The topological polar surface area (TPSA) is 0 Å². The molecule has 28 heavy (non-hydrogen) atoms. The van der Waals surface area contributed by atoms with E-state index in [2.05, 4.69) is 86.6 Å². The van der Waals surface area contributed by atoms with E-state index in [0.29, 0.717) is 0 Å². The van der Waals surface area contributed by atoms with Crippen molar-refractivity contribution in [2.75, 3.05) is 0 Å². The van der Waals surface area contributed by atoms with Gasteiger partial charge in [0.2, 0.25) is 0 Å². The summed E-state index contributed by atoms with van der Waals surface area (Å²) in [4.78, 5) is 0. The lowest BCUT2D eigenvalue weighted by molar-refractivity contribution is 1.25. The average Bonchev–Trinajstić information content (AvgIpc) is 3.23. The van der Waals surface area contributed by atoms with Crippen LogP contribution >= 0.6 is 0 Å². The number of hydrogen-bond acceptors (Lipinski definition) is 0. The summed E-state index contributed by atoms with van der Waals surface area (Å²) < 4.78 is 0. The zero-order valence-electron chi connectivity index (χ0n) is 16.3. The summed E-state index contributed by atoms with van der Waals surface area (Å²) in [5.74, 6) is 0. The van der Waals surface area contributed by atoms with Crippen molar-refractivity contribution in [3.63, 3.8) is 0 Å². The Hall–Kier alpha value is -3.12. The van der Waals surface area contributed by atoms with Crippen LogP contribution in [0, 0.1) is 13.8 Å². The highest BCUT2D eigenvalue weighted by molar-refractivity contribution is 5.84. The van der Waals surface area contributed by atoms with Crippen LogP contribution in [0.25, 0.3) is 33.4 Å². The molecule has 0 bridgehead atoms. The third kappa shape index (κ3) is 2.31. The average molecular weight is 358 g/mol. The maximum Gasteiger partial charge on any atom is -0.00131 e. The molecule has 0 heteroatoms. The van der Waals surface area contributed by atoms with Crippen molar-refractivity contribution in [1.29, 1.82) is 0 Å². The molecule has 0 aromatic heterocycles. The summed E-state index contributed by atoms with van der Waals surface area (Å²) >= 11 is 0. The highest BCUT2D eigenvalue weighted by Crippen LogP contribution is 2.42. The molecule has 0 unspecified atom stereocenters. The maximum atomic E-state index is 2.40. The highest BCUT2D eigenvalue weighted by Gasteiger charge is 2.21. The summed E-state index contributed by atoms with van der Waals surface area (Å²) in [7, 11) is 0. The molecule has 0 fully saturated rings. The molecule has 0 amide bonds. The zero-order valence-corrected chi connectivity index (χ0v) is 16.3. The molecule has 134 valence electrons. The molecular weight excluding hydrogens is 336 g/mol. The van der Waals surface area contributed by atoms with Gasteiger partial charge in [0.05, 0.1) is 0 Å². The van der Waals surface area contributed by atoms with Crippen LogP contribution in [0.15, 0.2) is 72.8 Å². The van der Waals surface area contributed by atoms with Crippen LogP contribution in [-0.4, -0.2) is 0 Å². The predicted molar refractivity (Wildman–Crippen MR) is 118 cm³/mol. The second-order valence-corrected chi connectivity index (χ2v) is 8.42. The van der Waals surface area contributed by atoms with Crippen LogP contribution in [0.5, 0.6) is 0 Å². The van der Waals surface area contributed by atoms with Crippen LogP contribution in [0.1, 0.15) is 33.4 Å². The molecule has 0 atom stereocenters. The number of rotatable bonds is 1. The fraction of sp³-hybridized carbons (Fsp3) is 0.143. The normalized spacial score (nSPS) is 13.1. The van der Waals surface area contributed by atoms with Gasteiger partial charge in [0, 0.05) is 0 Å². The van der Waals surface area contributed by atoms with Gasteiger partial charge < -0.3 is 0 Å². The van der Waals surface area contributed by atoms with Crippen molar-refractivity contribution in [3.05, 3.63) is 106 Å². The lowest BCUT2D eigenvalue weighted by Gasteiger charge is -2.09. The first-order valence-corrected chi connectivity index (χ1v) is 10.1. The number of hydrogen-bond donors (Lipinski definition) is 0. The molecule has 0 spiro atoms. The van der Waals surface area contributed by atoms with Crippen LogP contribution < -0.4 is 0 Å². The van der Waals surface area contributed by atoms with Crippen molar-refractivity contribution in [2.45, 2.75) is 26.7 Å². The Morgan fingerprint density at radius 3 is 1.82 bits per heavy atom. The summed E-state index contributed by atoms with van der Waals surface area (Å²) in [6.45, 7) is 4.36. The van der Waals surface area contributed by atoms with Gasteiger partial charge in [0.1, 0.15) is 0 Å². The summed E-state index contributed by atoms with van der Waals surface area (Å²) in [6, 6.07) is 27.7. The quantitative estimate of drug-likeness (QED) is 0.294. The molecule has 4 aromatic rings. The molecule has 0 saturated carbocycles. The van der Waals surface area contributed by atoms with Crippen molar-refractivity contribution >= 4 is 0 Å². The fourth-order valence-corrected chi connectivity index (χ4v) is 4.98. The van der Waals surface area contributed by atoms with E-state index >= 15 is 0 Å². The molecule has 4 aromatic carbocycles. The molecule has 2 aliphatic rings. The van der Waals surface area contributed by atoms with E-state index < -0.39 is 0 Å². The molecule has 0 nitrogen and oxygen atoms in total. The van der Waals surface area contributed by atoms with Crippen molar-refractivity contribution in [2.24, 2.45) is 0 Å². The minimum atomic E-state index is 1.05. The molecule has 0 radical (unpaired) electrons. The van der Waals surface area contributed by atoms with E-state index in [1.807, 2.05) is 0 Å². The van der Waals surface area contributed by atoms with Gasteiger partial charge in [-0.1, -0.05) is 77.9 Å². The van der Waals surface area contributed by atoms with E-state index in [1.54, 1.807) is 0 Å². The predicted octanol–water partition coefficient (Wildman–Crippen LogP) is 7.11. The van der Waals surface area contributed by atoms with Gasteiger partial charge in [0.15, 0.2) is 0 Å². The van der Waals surface area contributed by atoms with Gasteiger partial charge in [-0.3, -0.25) is 0 Å². The number of fused-ring (bicyclic) bond motifs is 6. The van der Waals surface area contributed by atoms with Crippen molar-refractivity contribution in [1.82, 2.24) is 0 Å². The third-order valence-electron chi connectivity index (χ3n) is 6.42. The van der Waals surface area contributed by atoms with Gasteiger partial charge in [-0.2, -0.15) is 0 Å². The van der Waals surface area contributed by atoms with Crippen LogP contribution in [0.4, 0.5) is 0 Å². The van der Waals surface area contributed by atoms with Gasteiger partial charge in [-0.05, 0) is 88.4 Å². The van der Waals surface area contributed by atoms with Gasteiger partial charge in [-0.15, -0.1) is 0 Å². The van der Waals surface area contributed by atoms with E-state index in [9.17, 15) is 0 Å². The van der Waals surface area contributed by atoms with E-state index in [0.717, 1.165) is 12.8 Å². The Bertz CT molecular complexity index is 1270. The van der Waals surface area contributed by atoms with E-state index in [1.165, 1.54) is 66.8 Å². The monoisotopic (exact) mass is 358 g/mol. The van der Waals surface area contributed by atoms with Gasteiger partial charge in [0.25, 0.3) is 0 Å². The zero-order chi connectivity index (χ0) is 18.8. The Morgan fingerprint density at radius 2 is 0.964 bits per heavy atom. The third-order valence-corrected chi connectivity index (χ3v) is 6.42. The molecule has 0 N–H and O–H groups in total. The van der Waals surface area contributed by atoms with Gasteiger partial charge in [-0.25, -0.2) is 0 Å².